The number of nitrogens with one attached hydrogen (secondary N) is 2. The second kappa shape index (κ2) is 2.10. The zero-order valence-electron chi connectivity index (χ0n) is 5.41. The van der Waals surface area contributed by atoms with Gasteiger partial charge in [-0.1, -0.05) is 30.3 Å². The van der Waals surface area contributed by atoms with Crippen molar-refractivity contribution in [1.82, 2.24) is 5.43 Å². The van der Waals surface area contributed by atoms with E-state index in [1.807, 2.05) is 18.2 Å². The van der Waals surface area contributed by atoms with Crippen molar-refractivity contribution in [3.05, 3.63) is 35.9 Å². The molecule has 1 aromatic rings. The Bertz CT molecular complexity index is 242. The highest BCUT2D eigenvalue weighted by Gasteiger charge is 2.21. The van der Waals surface area contributed by atoms with E-state index in [0.717, 1.165) is 0 Å². The number of rotatable bonds is 1. The maximum absolute atomic E-state index is 3.67. The third-order valence-electron chi connectivity index (χ3n) is 1.52. The second-order valence-corrected chi connectivity index (χ2v) is 2.21. The molecule has 0 aliphatic carbocycles. The molecule has 2 N–H and O–H groups in total. The molecule has 0 saturated carbocycles. The lowest BCUT2D eigenvalue weighted by Crippen LogP contribution is -2.81. The highest BCUT2D eigenvalue weighted by molar-refractivity contribution is 5.16. The van der Waals surface area contributed by atoms with Gasteiger partial charge < -0.3 is 0 Å². The molecule has 0 radical (unpaired) electrons. The quantitative estimate of drug-likeness (QED) is 0.545. The van der Waals surface area contributed by atoms with E-state index in [-0.39, 0.29) is 6.17 Å². The average molecular weight is 134 g/mol. The molecule has 50 valence electrons. The van der Waals surface area contributed by atoms with E-state index >= 15 is 0 Å². The van der Waals surface area contributed by atoms with Gasteiger partial charge in [0, 0.05) is 5.56 Å². The van der Waals surface area contributed by atoms with Crippen molar-refractivity contribution in [2.75, 3.05) is 0 Å². The third kappa shape index (κ3) is 0.757. The van der Waals surface area contributed by atoms with E-state index in [0.29, 0.717) is 0 Å². The first-order valence-electron chi connectivity index (χ1n) is 3.22. The van der Waals surface area contributed by atoms with E-state index in [4.69, 9.17) is 0 Å². The van der Waals surface area contributed by atoms with Crippen LogP contribution in [0.15, 0.2) is 35.6 Å². The zero-order valence-corrected chi connectivity index (χ0v) is 5.41. The SMILES string of the molecule is c1ccc(C2NN=[NH+]2)cc1. The Morgan fingerprint density at radius 2 is 2.00 bits per heavy atom. The number of benzene rings is 1. The minimum atomic E-state index is 0.223. The molecule has 0 saturated heterocycles. The fraction of sp³-hybridized carbons (Fsp3) is 0.143. The van der Waals surface area contributed by atoms with Gasteiger partial charge in [0.2, 0.25) is 0 Å². The lowest BCUT2D eigenvalue weighted by Gasteiger charge is -2.08. The van der Waals surface area contributed by atoms with Crippen LogP contribution < -0.4 is 10.5 Å². The van der Waals surface area contributed by atoms with E-state index in [9.17, 15) is 0 Å². The molecule has 1 unspecified atom stereocenters. The van der Waals surface area contributed by atoms with Gasteiger partial charge in [-0.05, 0) is 0 Å². The molecule has 1 aromatic carbocycles. The number of hydrogen-bond acceptors (Lipinski definition) is 2. The summed E-state index contributed by atoms with van der Waals surface area (Å²) in [5, 5.41) is 6.55. The third-order valence-corrected chi connectivity index (χ3v) is 1.52. The first-order chi connectivity index (χ1) is 4.97. The second-order valence-electron chi connectivity index (χ2n) is 2.21. The summed E-state index contributed by atoms with van der Waals surface area (Å²) in [4.78, 5) is 0. The highest BCUT2D eigenvalue weighted by atomic mass is 15.6. The van der Waals surface area contributed by atoms with E-state index < -0.39 is 0 Å². The van der Waals surface area contributed by atoms with Crippen LogP contribution in [0.2, 0.25) is 0 Å². The predicted molar refractivity (Wildman–Crippen MR) is 35.7 cm³/mol. The number of hydrogen-bond donors (Lipinski definition) is 2. The minimum absolute atomic E-state index is 0.223. The maximum Gasteiger partial charge on any atom is 0.294 e. The Kier molecular flexibility index (Phi) is 1.13. The summed E-state index contributed by atoms with van der Waals surface area (Å²) in [6.45, 7) is 0. The summed E-state index contributed by atoms with van der Waals surface area (Å²) in [5.74, 6) is 0. The lowest BCUT2D eigenvalue weighted by molar-refractivity contribution is -0.648. The van der Waals surface area contributed by atoms with Crippen molar-refractivity contribution in [3.8, 4) is 0 Å². The normalized spacial score (nSPS) is 21.4. The maximum atomic E-state index is 3.67. The van der Waals surface area contributed by atoms with E-state index in [1.54, 1.807) is 0 Å². The Balaban J connectivity index is 2.26. The molecule has 1 aliphatic rings. The van der Waals surface area contributed by atoms with Crippen molar-refractivity contribution in [2.45, 2.75) is 6.17 Å². The van der Waals surface area contributed by atoms with Gasteiger partial charge >= 0.3 is 0 Å². The van der Waals surface area contributed by atoms with Crippen molar-refractivity contribution in [2.24, 2.45) is 5.22 Å². The summed E-state index contributed by atoms with van der Waals surface area (Å²) in [6.07, 6.45) is 0.223. The van der Waals surface area contributed by atoms with Gasteiger partial charge in [0.1, 0.15) is 0 Å². The fourth-order valence-electron chi connectivity index (χ4n) is 0.924. The monoisotopic (exact) mass is 134 g/mol. The minimum Gasteiger partial charge on any atom is -0.135 e. The van der Waals surface area contributed by atoms with Gasteiger partial charge in [-0.2, -0.15) is 0 Å². The van der Waals surface area contributed by atoms with Gasteiger partial charge in [0.05, 0.1) is 5.22 Å². The first kappa shape index (κ1) is 5.41. The van der Waals surface area contributed by atoms with Crippen LogP contribution in [0, 0.1) is 0 Å². The molecule has 0 amide bonds. The van der Waals surface area contributed by atoms with Crippen molar-refractivity contribution >= 4 is 0 Å². The van der Waals surface area contributed by atoms with Crippen molar-refractivity contribution in [3.63, 3.8) is 0 Å². The van der Waals surface area contributed by atoms with Crippen LogP contribution in [-0.4, -0.2) is 0 Å². The Morgan fingerprint density at radius 3 is 2.50 bits per heavy atom. The van der Waals surface area contributed by atoms with Crippen LogP contribution in [0.5, 0.6) is 0 Å². The smallest absolute Gasteiger partial charge is 0.135 e. The van der Waals surface area contributed by atoms with Gasteiger partial charge in [-0.25, -0.2) is 0 Å². The highest BCUT2D eigenvalue weighted by Crippen LogP contribution is 2.05. The number of nitrogens with zero attached hydrogens (tertiary/aromatic N) is 1. The van der Waals surface area contributed by atoms with Gasteiger partial charge in [-0.15, -0.1) is 10.5 Å². The first-order valence-corrected chi connectivity index (χ1v) is 3.22. The predicted octanol–water partition coefficient (Wildman–Crippen LogP) is -0.264. The summed E-state index contributed by atoms with van der Waals surface area (Å²) >= 11 is 0. The molecule has 2 rings (SSSR count). The Hall–Kier alpha value is -1.38. The van der Waals surface area contributed by atoms with Crippen LogP contribution in [0.4, 0.5) is 0 Å². The van der Waals surface area contributed by atoms with Crippen LogP contribution in [0.1, 0.15) is 11.7 Å². The van der Waals surface area contributed by atoms with Crippen molar-refractivity contribution in [1.29, 1.82) is 0 Å². The average Bonchev–Trinajstić information content (AvgIpc) is 1.86. The van der Waals surface area contributed by atoms with Crippen LogP contribution in [0.3, 0.4) is 0 Å². The van der Waals surface area contributed by atoms with E-state index in [1.165, 1.54) is 5.56 Å². The Labute approximate surface area is 58.8 Å². The zero-order chi connectivity index (χ0) is 6.81. The topological polar surface area (TPSA) is 38.4 Å². The van der Waals surface area contributed by atoms with Gasteiger partial charge in [0.15, 0.2) is 0 Å². The molecule has 0 aromatic heterocycles. The molecule has 0 fully saturated rings. The summed E-state index contributed by atoms with van der Waals surface area (Å²) in [7, 11) is 0. The fourth-order valence-corrected chi connectivity index (χ4v) is 0.924. The molecule has 1 aliphatic heterocycles. The summed E-state index contributed by atoms with van der Waals surface area (Å²) in [5.41, 5.74) is 4.10. The van der Waals surface area contributed by atoms with Crippen LogP contribution in [0.25, 0.3) is 0 Å². The molecule has 0 spiro atoms. The molecular weight excluding hydrogens is 126 g/mol. The van der Waals surface area contributed by atoms with Crippen molar-refractivity contribution < 1.29 is 5.11 Å². The van der Waals surface area contributed by atoms with Crippen LogP contribution in [-0.2, 0) is 0 Å². The molecule has 1 atom stereocenters. The van der Waals surface area contributed by atoms with Gasteiger partial charge in [0.25, 0.3) is 6.17 Å². The molecular formula is C7H8N3+. The van der Waals surface area contributed by atoms with Gasteiger partial charge in [-0.3, -0.25) is 0 Å². The molecule has 1 heterocycles. The van der Waals surface area contributed by atoms with E-state index in [2.05, 4.69) is 27.9 Å². The molecule has 10 heavy (non-hydrogen) atoms. The Morgan fingerprint density at radius 1 is 1.30 bits per heavy atom. The molecule has 3 heteroatoms. The standard InChI is InChI=1S/C7H7N3/c1-2-4-6(5-3-1)7-8-10-9-7/h1-5,7H,(H,8,9)/p+1. The summed E-state index contributed by atoms with van der Waals surface area (Å²) in [6, 6.07) is 10.1. The van der Waals surface area contributed by atoms with Crippen LogP contribution >= 0.6 is 0 Å². The summed E-state index contributed by atoms with van der Waals surface area (Å²) < 4.78 is 0. The largest absolute Gasteiger partial charge is 0.294 e. The lowest BCUT2D eigenvalue weighted by atomic mass is 10.2. The molecule has 3 nitrogen and oxygen atoms in total. The molecule has 0 bridgehead atoms.